The number of thiophene rings is 1. The predicted octanol–water partition coefficient (Wildman–Crippen LogP) is 5.04. The summed E-state index contributed by atoms with van der Waals surface area (Å²) in [4.78, 5) is 1.04. The van der Waals surface area contributed by atoms with E-state index in [4.69, 9.17) is 0 Å². The highest BCUT2D eigenvalue weighted by Gasteiger charge is 2.38. The van der Waals surface area contributed by atoms with E-state index >= 15 is 0 Å². The van der Waals surface area contributed by atoms with Gasteiger partial charge in [0.25, 0.3) is 0 Å². The van der Waals surface area contributed by atoms with Gasteiger partial charge in [0.1, 0.15) is 0 Å². The van der Waals surface area contributed by atoms with Crippen LogP contribution < -0.4 is 10.6 Å². The molecule has 0 saturated carbocycles. The van der Waals surface area contributed by atoms with E-state index in [9.17, 15) is 9.77 Å². The van der Waals surface area contributed by atoms with Crippen LogP contribution in [0.25, 0.3) is 0 Å². The van der Waals surface area contributed by atoms with E-state index in [1.165, 1.54) is 0 Å². The van der Waals surface area contributed by atoms with Crippen LogP contribution in [0.3, 0.4) is 0 Å². The Morgan fingerprint density at radius 2 is 1.56 bits per heavy atom. The molecule has 0 aliphatic heterocycles. The molecule has 0 spiro atoms. The van der Waals surface area contributed by atoms with Crippen LogP contribution in [0.15, 0.2) is 83.3 Å². The van der Waals surface area contributed by atoms with Crippen LogP contribution in [-0.4, -0.2) is 10.9 Å². The average molecular weight is 369 g/mol. The zero-order chi connectivity index (χ0) is 17.7. The number of hydrogen-bond donors (Lipinski definition) is 1. The molecule has 0 saturated heterocycles. The Labute approximate surface area is 152 Å². The van der Waals surface area contributed by atoms with Crippen molar-refractivity contribution in [3.05, 3.63) is 83.1 Å². The van der Waals surface area contributed by atoms with E-state index in [0.717, 1.165) is 15.5 Å². The van der Waals surface area contributed by atoms with Crippen molar-refractivity contribution in [2.75, 3.05) is 0 Å². The SMILES string of the molecule is C/C(CC(c1cccs1)P(=O)(c1ccccc1)c1ccccc1)=N\O. The third-order valence-corrected chi connectivity index (χ3v) is 8.88. The maximum absolute atomic E-state index is 14.5. The molecule has 0 fully saturated rings. The molecule has 0 amide bonds. The predicted molar refractivity (Wildman–Crippen MR) is 106 cm³/mol. The van der Waals surface area contributed by atoms with Crippen LogP contribution in [0.4, 0.5) is 0 Å². The smallest absolute Gasteiger partial charge is 0.151 e. The van der Waals surface area contributed by atoms with E-state index < -0.39 is 7.14 Å². The van der Waals surface area contributed by atoms with Gasteiger partial charge in [0.05, 0.1) is 11.4 Å². The summed E-state index contributed by atoms with van der Waals surface area (Å²) in [6.07, 6.45) is 0.443. The topological polar surface area (TPSA) is 49.7 Å². The van der Waals surface area contributed by atoms with Crippen molar-refractivity contribution >= 4 is 34.8 Å². The molecule has 128 valence electrons. The molecule has 1 heterocycles. The number of rotatable bonds is 6. The molecule has 0 aliphatic rings. The lowest BCUT2D eigenvalue weighted by Gasteiger charge is -2.28. The summed E-state index contributed by atoms with van der Waals surface area (Å²) in [5.74, 6) is 0. The third-order valence-electron chi connectivity index (χ3n) is 4.25. The Kier molecular flexibility index (Phi) is 5.52. The first kappa shape index (κ1) is 17.7. The normalized spacial score (nSPS) is 13.6. The minimum atomic E-state index is -2.97. The van der Waals surface area contributed by atoms with Crippen LogP contribution in [0.1, 0.15) is 23.9 Å². The van der Waals surface area contributed by atoms with Gasteiger partial charge in [-0.15, -0.1) is 11.3 Å². The van der Waals surface area contributed by atoms with Gasteiger partial charge >= 0.3 is 0 Å². The average Bonchev–Trinajstić information content (AvgIpc) is 3.21. The Morgan fingerprint density at radius 3 is 2.00 bits per heavy atom. The molecule has 25 heavy (non-hydrogen) atoms. The summed E-state index contributed by atoms with van der Waals surface area (Å²) in [5, 5.41) is 16.2. The van der Waals surface area contributed by atoms with Gasteiger partial charge in [0.15, 0.2) is 7.14 Å². The van der Waals surface area contributed by atoms with Crippen molar-refractivity contribution in [1.82, 2.24) is 0 Å². The van der Waals surface area contributed by atoms with E-state index in [2.05, 4.69) is 5.16 Å². The third kappa shape index (κ3) is 3.60. The lowest BCUT2D eigenvalue weighted by molar-refractivity contribution is 0.317. The first-order valence-corrected chi connectivity index (χ1v) is 10.7. The minimum Gasteiger partial charge on any atom is -0.411 e. The number of oxime groups is 1. The van der Waals surface area contributed by atoms with Crippen LogP contribution in [0.5, 0.6) is 0 Å². The minimum absolute atomic E-state index is 0.256. The number of nitrogens with zero attached hydrogens (tertiary/aromatic N) is 1. The summed E-state index contributed by atoms with van der Waals surface area (Å²) < 4.78 is 14.5. The van der Waals surface area contributed by atoms with Crippen molar-refractivity contribution in [2.24, 2.45) is 5.16 Å². The lowest BCUT2D eigenvalue weighted by atomic mass is 10.2. The van der Waals surface area contributed by atoms with Gasteiger partial charge in [0.2, 0.25) is 0 Å². The first-order valence-electron chi connectivity index (χ1n) is 8.08. The molecule has 3 aromatic rings. The molecular weight excluding hydrogens is 349 g/mol. The number of hydrogen-bond acceptors (Lipinski definition) is 4. The molecule has 5 heteroatoms. The summed E-state index contributed by atoms with van der Waals surface area (Å²) in [6, 6.07) is 23.2. The van der Waals surface area contributed by atoms with Crippen LogP contribution in [0, 0.1) is 0 Å². The van der Waals surface area contributed by atoms with Crippen molar-refractivity contribution in [1.29, 1.82) is 0 Å². The summed E-state index contributed by atoms with van der Waals surface area (Å²) >= 11 is 1.59. The Balaban J connectivity index is 2.23. The van der Waals surface area contributed by atoms with Crippen LogP contribution >= 0.6 is 18.5 Å². The lowest BCUT2D eigenvalue weighted by Crippen LogP contribution is -2.22. The zero-order valence-electron chi connectivity index (χ0n) is 13.9. The monoisotopic (exact) mass is 369 g/mol. The van der Waals surface area contributed by atoms with Gasteiger partial charge in [-0.3, -0.25) is 0 Å². The van der Waals surface area contributed by atoms with Crippen molar-refractivity contribution in [3.8, 4) is 0 Å². The quantitative estimate of drug-likeness (QED) is 0.286. The molecule has 1 aromatic heterocycles. The summed E-state index contributed by atoms with van der Waals surface area (Å²) in [7, 11) is -2.97. The van der Waals surface area contributed by atoms with E-state index in [1.54, 1.807) is 18.3 Å². The molecule has 0 radical (unpaired) electrons. The molecule has 1 N–H and O–H groups in total. The Bertz CT molecular complexity index is 833. The van der Waals surface area contributed by atoms with Crippen LogP contribution in [0.2, 0.25) is 0 Å². The van der Waals surface area contributed by atoms with Gasteiger partial charge in [-0.1, -0.05) is 71.9 Å². The van der Waals surface area contributed by atoms with E-state index in [1.807, 2.05) is 78.2 Å². The van der Waals surface area contributed by atoms with Gasteiger partial charge in [-0.25, -0.2) is 0 Å². The maximum Gasteiger partial charge on any atom is 0.151 e. The largest absolute Gasteiger partial charge is 0.411 e. The highest BCUT2D eigenvalue weighted by atomic mass is 32.1. The first-order chi connectivity index (χ1) is 12.2. The summed E-state index contributed by atoms with van der Waals surface area (Å²) in [5.41, 5.74) is 0.318. The van der Waals surface area contributed by atoms with Gasteiger partial charge < -0.3 is 9.77 Å². The van der Waals surface area contributed by atoms with Gasteiger partial charge in [-0.05, 0) is 18.4 Å². The maximum atomic E-state index is 14.5. The second-order valence-electron chi connectivity index (χ2n) is 5.90. The Morgan fingerprint density at radius 1 is 1.00 bits per heavy atom. The molecule has 2 aromatic carbocycles. The van der Waals surface area contributed by atoms with Gasteiger partial charge in [-0.2, -0.15) is 0 Å². The fraction of sp³-hybridized carbons (Fsp3) is 0.150. The molecule has 1 unspecified atom stereocenters. The van der Waals surface area contributed by atoms with Crippen LogP contribution in [-0.2, 0) is 4.57 Å². The van der Waals surface area contributed by atoms with Crippen molar-refractivity contribution in [2.45, 2.75) is 19.0 Å². The van der Waals surface area contributed by atoms with Crippen molar-refractivity contribution in [3.63, 3.8) is 0 Å². The standard InChI is InChI=1S/C20H20NO2PS/c1-16(21-22)15-19(20-13-8-14-25-20)24(23,17-9-4-2-5-10-17)18-11-6-3-7-12-18/h2-14,19,22H,15H2,1H3/b21-16+. The molecule has 3 nitrogen and oxygen atoms in total. The highest BCUT2D eigenvalue weighted by molar-refractivity contribution is 7.79. The highest BCUT2D eigenvalue weighted by Crippen LogP contribution is 2.59. The fourth-order valence-corrected chi connectivity index (χ4v) is 7.57. The molecule has 3 rings (SSSR count). The second kappa shape index (κ2) is 7.81. The molecule has 0 aliphatic carbocycles. The molecular formula is C20H20NO2PS. The molecule has 1 atom stereocenters. The zero-order valence-corrected chi connectivity index (χ0v) is 15.7. The Hall–Kier alpha value is -2.16. The summed E-state index contributed by atoms with van der Waals surface area (Å²) in [6.45, 7) is 1.76. The van der Waals surface area contributed by atoms with Crippen molar-refractivity contribution < 1.29 is 9.77 Å². The molecule has 0 bridgehead atoms. The fourth-order valence-electron chi connectivity index (χ4n) is 3.02. The van der Waals surface area contributed by atoms with E-state index in [0.29, 0.717) is 12.1 Å². The van der Waals surface area contributed by atoms with Gasteiger partial charge in [0, 0.05) is 21.9 Å². The second-order valence-corrected chi connectivity index (χ2v) is 9.85. The number of benzene rings is 2. The van der Waals surface area contributed by atoms with E-state index in [-0.39, 0.29) is 5.66 Å².